The van der Waals surface area contributed by atoms with Gasteiger partial charge in [-0.1, -0.05) is 57.7 Å². The first kappa shape index (κ1) is 22.9. The minimum Gasteiger partial charge on any atom is -0.377 e. The molecule has 1 fully saturated rings. The summed E-state index contributed by atoms with van der Waals surface area (Å²) in [4.78, 5) is 25.7. The van der Waals surface area contributed by atoms with Gasteiger partial charge in [-0.25, -0.2) is 0 Å². The van der Waals surface area contributed by atoms with E-state index < -0.39 is 0 Å². The molecule has 0 aromatic heterocycles. The van der Waals surface area contributed by atoms with Gasteiger partial charge < -0.3 is 4.90 Å². The van der Waals surface area contributed by atoms with Crippen LogP contribution in [-0.4, -0.2) is 30.5 Å². The Kier molecular flexibility index (Phi) is 5.69. The average Bonchev–Trinajstić information content (AvgIpc) is 3.02. The van der Waals surface area contributed by atoms with Crippen LogP contribution in [0.15, 0.2) is 30.3 Å². The Labute approximate surface area is 196 Å². The number of carbonyl (C=O) groups excluding carboxylic acids is 2. The highest BCUT2D eigenvalue weighted by atomic mass is 32.2. The number of anilines is 1. The molecule has 5 heteroatoms. The third-order valence-electron chi connectivity index (χ3n) is 7.22. The number of hydrogen-bond acceptors (Lipinski definition) is 4. The van der Waals surface area contributed by atoms with Gasteiger partial charge in [-0.3, -0.25) is 14.9 Å². The van der Waals surface area contributed by atoms with Gasteiger partial charge in [-0.2, -0.15) is 0 Å². The van der Waals surface area contributed by atoms with Crippen LogP contribution < -0.4 is 10.2 Å². The molecule has 1 aliphatic heterocycles. The summed E-state index contributed by atoms with van der Waals surface area (Å²) < 4.78 is 0. The summed E-state index contributed by atoms with van der Waals surface area (Å²) in [5.74, 6) is -0.189. The van der Waals surface area contributed by atoms with Gasteiger partial charge in [-0.15, -0.1) is 0 Å². The number of benzene rings is 2. The van der Waals surface area contributed by atoms with Crippen LogP contribution in [0.4, 0.5) is 10.5 Å². The third kappa shape index (κ3) is 4.07. The zero-order valence-corrected chi connectivity index (χ0v) is 21.1. The van der Waals surface area contributed by atoms with E-state index in [4.69, 9.17) is 0 Å². The first-order valence-electron chi connectivity index (χ1n) is 11.4. The number of imide groups is 1. The number of nitrogens with zero attached hydrogens (tertiary/aromatic N) is 1. The molecule has 1 saturated heterocycles. The van der Waals surface area contributed by atoms with Crippen molar-refractivity contribution in [2.24, 2.45) is 0 Å². The summed E-state index contributed by atoms with van der Waals surface area (Å²) in [6, 6.07) is 11.3. The van der Waals surface area contributed by atoms with Crippen molar-refractivity contribution in [1.29, 1.82) is 0 Å². The highest BCUT2D eigenvalue weighted by Gasteiger charge is 2.37. The molecule has 0 bridgehead atoms. The summed E-state index contributed by atoms with van der Waals surface area (Å²) >= 11 is 1.09. The zero-order valence-electron chi connectivity index (χ0n) is 20.3. The summed E-state index contributed by atoms with van der Waals surface area (Å²) in [6.07, 6.45) is 2.95. The fourth-order valence-electron chi connectivity index (χ4n) is 5.06. The van der Waals surface area contributed by atoms with Gasteiger partial charge >= 0.3 is 0 Å². The zero-order chi connectivity index (χ0) is 23.4. The second-order valence-electron chi connectivity index (χ2n) is 10.8. The number of rotatable bonds is 4. The molecule has 0 radical (unpaired) electrons. The van der Waals surface area contributed by atoms with Crippen LogP contribution in [0.3, 0.4) is 0 Å². The van der Waals surface area contributed by atoms with E-state index >= 15 is 0 Å². The molecule has 0 saturated carbocycles. The largest absolute Gasteiger partial charge is 0.377 e. The molecule has 1 unspecified atom stereocenters. The summed E-state index contributed by atoms with van der Waals surface area (Å²) in [6.45, 7) is 11.7. The Morgan fingerprint density at radius 3 is 2.16 bits per heavy atom. The maximum absolute atomic E-state index is 12.0. The van der Waals surface area contributed by atoms with Gasteiger partial charge in [0.25, 0.3) is 5.24 Å². The molecule has 2 aromatic rings. The highest BCUT2D eigenvalue weighted by molar-refractivity contribution is 8.15. The number of amides is 2. The van der Waals surface area contributed by atoms with Crippen molar-refractivity contribution in [1.82, 2.24) is 5.32 Å². The van der Waals surface area contributed by atoms with E-state index in [0.29, 0.717) is 6.42 Å². The van der Waals surface area contributed by atoms with Gasteiger partial charge in [0.05, 0.1) is 5.25 Å². The van der Waals surface area contributed by atoms with Crippen LogP contribution >= 0.6 is 11.8 Å². The van der Waals surface area contributed by atoms with Crippen LogP contribution in [0.5, 0.6) is 0 Å². The fourth-order valence-corrected chi connectivity index (χ4v) is 5.92. The van der Waals surface area contributed by atoms with Crippen molar-refractivity contribution in [3.05, 3.63) is 52.6 Å². The molecule has 4 nitrogen and oxygen atoms in total. The number of aryl methyl sites for hydroxylation is 1. The predicted octanol–water partition coefficient (Wildman–Crippen LogP) is 5.97. The standard InChI is InChI=1S/C27H34N2O2S/c1-16-12-20-21(27(4,5)11-10-26(20,2)3)15-19(16)18-9-8-17(13-22(18)29(6)7)14-23-24(30)28-25(31)32-23/h8-9,12-13,15,23H,10-11,14H2,1-7H3,(H,28,30,31). The van der Waals surface area contributed by atoms with Gasteiger partial charge in [0, 0.05) is 25.3 Å². The molecule has 1 aliphatic carbocycles. The maximum Gasteiger partial charge on any atom is 0.286 e. The van der Waals surface area contributed by atoms with Gasteiger partial charge in [-0.05, 0) is 77.0 Å². The Morgan fingerprint density at radius 2 is 1.59 bits per heavy atom. The predicted molar refractivity (Wildman–Crippen MR) is 135 cm³/mol. The van der Waals surface area contributed by atoms with Gasteiger partial charge in [0.2, 0.25) is 5.91 Å². The monoisotopic (exact) mass is 450 g/mol. The number of thioether (sulfide) groups is 1. The minimum absolute atomic E-state index is 0.158. The summed E-state index contributed by atoms with van der Waals surface area (Å²) in [7, 11) is 4.12. The Bertz CT molecular complexity index is 1100. The molecule has 1 atom stereocenters. The molecule has 2 aliphatic rings. The minimum atomic E-state index is -0.350. The molecule has 1 N–H and O–H groups in total. The van der Waals surface area contributed by atoms with Gasteiger partial charge in [0.15, 0.2) is 0 Å². The smallest absolute Gasteiger partial charge is 0.286 e. The first-order chi connectivity index (χ1) is 14.9. The summed E-state index contributed by atoms with van der Waals surface area (Å²) in [5.41, 5.74) is 9.26. The van der Waals surface area contributed by atoms with E-state index in [0.717, 1.165) is 23.0 Å². The lowest BCUT2D eigenvalue weighted by Crippen LogP contribution is -2.34. The Morgan fingerprint density at radius 1 is 0.969 bits per heavy atom. The lowest BCUT2D eigenvalue weighted by Gasteiger charge is -2.42. The molecule has 32 heavy (non-hydrogen) atoms. The number of hydrogen-bond donors (Lipinski definition) is 1. The molecule has 170 valence electrons. The van der Waals surface area contributed by atoms with E-state index in [1.807, 2.05) is 0 Å². The molecule has 2 aromatic carbocycles. The lowest BCUT2D eigenvalue weighted by molar-refractivity contribution is -0.118. The summed E-state index contributed by atoms with van der Waals surface area (Å²) in [5, 5.41) is 1.79. The lowest BCUT2D eigenvalue weighted by atomic mass is 9.62. The normalized spacial score (nSPS) is 21.3. The molecular formula is C27H34N2O2S. The quantitative estimate of drug-likeness (QED) is 0.623. The molecular weight excluding hydrogens is 416 g/mol. The SMILES string of the molecule is Cc1cc2c(cc1-c1ccc(CC3SC(=O)NC3=O)cc1N(C)C)C(C)(C)CCC2(C)C. The van der Waals surface area contributed by atoms with Crippen LogP contribution in [0.2, 0.25) is 0 Å². The van der Waals surface area contributed by atoms with Gasteiger partial charge in [0.1, 0.15) is 0 Å². The van der Waals surface area contributed by atoms with E-state index in [-0.39, 0.29) is 27.2 Å². The van der Waals surface area contributed by atoms with Crippen molar-refractivity contribution >= 4 is 28.6 Å². The van der Waals surface area contributed by atoms with Crippen molar-refractivity contribution in [2.45, 2.75) is 70.0 Å². The number of carbonyl (C=O) groups is 2. The van der Waals surface area contributed by atoms with E-state index in [1.165, 1.54) is 40.7 Å². The number of nitrogens with one attached hydrogen (secondary N) is 1. The Balaban J connectivity index is 1.78. The third-order valence-corrected chi connectivity index (χ3v) is 8.20. The van der Waals surface area contributed by atoms with E-state index in [1.54, 1.807) is 0 Å². The van der Waals surface area contributed by atoms with Crippen LogP contribution in [-0.2, 0) is 22.0 Å². The topological polar surface area (TPSA) is 49.4 Å². The van der Waals surface area contributed by atoms with Crippen LogP contribution in [0.25, 0.3) is 11.1 Å². The number of fused-ring (bicyclic) bond motifs is 1. The highest BCUT2D eigenvalue weighted by Crippen LogP contribution is 2.48. The van der Waals surface area contributed by atoms with Crippen molar-refractivity contribution in [3.8, 4) is 11.1 Å². The molecule has 1 heterocycles. The first-order valence-corrected chi connectivity index (χ1v) is 12.2. The molecule has 4 rings (SSSR count). The van der Waals surface area contributed by atoms with Crippen molar-refractivity contribution in [3.63, 3.8) is 0 Å². The van der Waals surface area contributed by atoms with E-state index in [2.05, 4.69) is 89.3 Å². The van der Waals surface area contributed by atoms with Crippen LogP contribution in [0.1, 0.15) is 62.8 Å². The maximum atomic E-state index is 12.0. The second kappa shape index (κ2) is 7.95. The van der Waals surface area contributed by atoms with Crippen molar-refractivity contribution < 1.29 is 9.59 Å². The van der Waals surface area contributed by atoms with Crippen molar-refractivity contribution in [2.75, 3.05) is 19.0 Å². The average molecular weight is 451 g/mol. The van der Waals surface area contributed by atoms with Crippen LogP contribution in [0, 0.1) is 6.92 Å². The van der Waals surface area contributed by atoms with E-state index in [9.17, 15) is 9.59 Å². The fraction of sp³-hybridized carbons (Fsp3) is 0.481. The second-order valence-corrected chi connectivity index (χ2v) is 12.0. The molecule has 2 amide bonds. The molecule has 0 spiro atoms. The Hall–Kier alpha value is -2.27.